The van der Waals surface area contributed by atoms with E-state index < -0.39 is 6.61 Å². The monoisotopic (exact) mass is 347 g/mol. The van der Waals surface area contributed by atoms with E-state index >= 15 is 0 Å². The zero-order chi connectivity index (χ0) is 14.6. The van der Waals surface area contributed by atoms with Gasteiger partial charge in [-0.15, -0.1) is 0 Å². The first-order chi connectivity index (χ1) is 9.54. The average Bonchev–Trinajstić information content (AvgIpc) is 3.17. The second-order valence-electron chi connectivity index (χ2n) is 5.02. The Bertz CT molecular complexity index is 461. The first-order valence-electron chi connectivity index (χ1n) is 6.44. The molecule has 1 N–H and O–H groups in total. The molecule has 1 aromatic carbocycles. The van der Waals surface area contributed by atoms with Crippen molar-refractivity contribution in [1.82, 2.24) is 5.32 Å². The molecule has 0 saturated heterocycles. The molecule has 1 amide bonds. The standard InChI is InChI=1S/C14H16BrF2NO2/c15-8-7-14(5-6-14)9-18-12(19)10-1-3-11(4-2-10)20-13(16)17/h1-4,13H,5-9H2,(H,18,19). The van der Waals surface area contributed by atoms with Crippen LogP contribution in [0, 0.1) is 5.41 Å². The first kappa shape index (κ1) is 15.2. The number of benzene rings is 1. The zero-order valence-corrected chi connectivity index (χ0v) is 12.5. The summed E-state index contributed by atoms with van der Waals surface area (Å²) in [5, 5.41) is 3.83. The number of amides is 1. The Morgan fingerprint density at radius 2 is 2.00 bits per heavy atom. The maximum absolute atomic E-state index is 12.0. The van der Waals surface area contributed by atoms with E-state index in [-0.39, 0.29) is 17.1 Å². The third-order valence-corrected chi connectivity index (χ3v) is 3.94. The summed E-state index contributed by atoms with van der Waals surface area (Å²) in [6, 6.07) is 5.70. The molecule has 1 aliphatic carbocycles. The van der Waals surface area contributed by atoms with Crippen molar-refractivity contribution in [3.63, 3.8) is 0 Å². The van der Waals surface area contributed by atoms with Crippen molar-refractivity contribution in [3.05, 3.63) is 29.8 Å². The fourth-order valence-corrected chi connectivity index (χ4v) is 2.89. The fraction of sp³-hybridized carbons (Fsp3) is 0.500. The van der Waals surface area contributed by atoms with Gasteiger partial charge in [0.25, 0.3) is 5.91 Å². The molecular formula is C14H16BrF2NO2. The summed E-state index contributed by atoms with van der Waals surface area (Å²) in [4.78, 5) is 11.9. The van der Waals surface area contributed by atoms with Gasteiger partial charge in [0.2, 0.25) is 0 Å². The zero-order valence-electron chi connectivity index (χ0n) is 10.9. The lowest BCUT2D eigenvalue weighted by atomic mass is 10.0. The van der Waals surface area contributed by atoms with Crippen molar-refractivity contribution < 1.29 is 18.3 Å². The Morgan fingerprint density at radius 1 is 1.35 bits per heavy atom. The SMILES string of the molecule is O=C(NCC1(CCBr)CC1)c1ccc(OC(F)F)cc1. The van der Waals surface area contributed by atoms with Gasteiger partial charge >= 0.3 is 6.61 Å². The minimum atomic E-state index is -2.85. The lowest BCUT2D eigenvalue weighted by Crippen LogP contribution is -2.30. The van der Waals surface area contributed by atoms with Crippen LogP contribution >= 0.6 is 15.9 Å². The quantitative estimate of drug-likeness (QED) is 0.765. The third-order valence-electron chi connectivity index (χ3n) is 3.55. The molecule has 1 saturated carbocycles. The number of hydrogen-bond donors (Lipinski definition) is 1. The highest BCUT2D eigenvalue weighted by Gasteiger charge is 2.41. The Morgan fingerprint density at radius 3 is 2.50 bits per heavy atom. The molecule has 2 rings (SSSR count). The molecule has 0 bridgehead atoms. The van der Waals surface area contributed by atoms with Crippen LogP contribution in [-0.4, -0.2) is 24.4 Å². The van der Waals surface area contributed by atoms with Crippen molar-refractivity contribution in [2.45, 2.75) is 25.9 Å². The number of halogens is 3. The fourth-order valence-electron chi connectivity index (χ4n) is 2.05. The van der Waals surface area contributed by atoms with Crippen LogP contribution < -0.4 is 10.1 Å². The van der Waals surface area contributed by atoms with Crippen LogP contribution in [0.4, 0.5) is 8.78 Å². The maximum Gasteiger partial charge on any atom is 0.387 e. The average molecular weight is 348 g/mol. The highest BCUT2D eigenvalue weighted by atomic mass is 79.9. The van der Waals surface area contributed by atoms with E-state index in [0.29, 0.717) is 12.1 Å². The van der Waals surface area contributed by atoms with Gasteiger partial charge in [0.15, 0.2) is 0 Å². The molecule has 0 spiro atoms. The van der Waals surface area contributed by atoms with Crippen molar-refractivity contribution in [2.75, 3.05) is 11.9 Å². The Hall–Kier alpha value is -1.17. The van der Waals surface area contributed by atoms with Crippen LogP contribution in [0.2, 0.25) is 0 Å². The molecular weight excluding hydrogens is 332 g/mol. The third kappa shape index (κ3) is 4.16. The van der Waals surface area contributed by atoms with Gasteiger partial charge in [-0.05, 0) is 48.9 Å². The largest absolute Gasteiger partial charge is 0.435 e. The summed E-state index contributed by atoms with van der Waals surface area (Å²) in [6.45, 7) is -2.19. The Labute approximate surface area is 124 Å². The number of rotatable bonds is 7. The van der Waals surface area contributed by atoms with E-state index in [1.807, 2.05) is 0 Å². The van der Waals surface area contributed by atoms with Crippen LogP contribution in [-0.2, 0) is 0 Å². The van der Waals surface area contributed by atoms with Gasteiger partial charge in [0.1, 0.15) is 5.75 Å². The van der Waals surface area contributed by atoms with Gasteiger partial charge in [-0.2, -0.15) is 8.78 Å². The predicted molar refractivity (Wildman–Crippen MR) is 75.5 cm³/mol. The molecule has 1 aromatic rings. The highest BCUT2D eigenvalue weighted by Crippen LogP contribution is 2.48. The molecule has 1 fully saturated rings. The highest BCUT2D eigenvalue weighted by molar-refractivity contribution is 9.09. The van der Waals surface area contributed by atoms with Crippen molar-refractivity contribution in [2.24, 2.45) is 5.41 Å². The molecule has 1 aliphatic rings. The predicted octanol–water partition coefficient (Wildman–Crippen LogP) is 3.58. The summed E-state index contributed by atoms with van der Waals surface area (Å²) < 4.78 is 28.2. The topological polar surface area (TPSA) is 38.3 Å². The molecule has 0 aliphatic heterocycles. The first-order valence-corrected chi connectivity index (χ1v) is 7.56. The maximum atomic E-state index is 12.0. The second-order valence-corrected chi connectivity index (χ2v) is 5.82. The number of carbonyl (C=O) groups excluding carboxylic acids is 1. The Balaban J connectivity index is 1.86. The van der Waals surface area contributed by atoms with E-state index in [1.54, 1.807) is 0 Å². The lowest BCUT2D eigenvalue weighted by Gasteiger charge is -2.14. The summed E-state index contributed by atoms with van der Waals surface area (Å²) in [7, 11) is 0. The second kappa shape index (κ2) is 6.52. The van der Waals surface area contributed by atoms with E-state index in [2.05, 4.69) is 26.0 Å². The van der Waals surface area contributed by atoms with Gasteiger partial charge < -0.3 is 10.1 Å². The van der Waals surface area contributed by atoms with Gasteiger partial charge in [-0.1, -0.05) is 15.9 Å². The number of carbonyl (C=O) groups is 1. The van der Waals surface area contributed by atoms with Crippen molar-refractivity contribution in [1.29, 1.82) is 0 Å². The van der Waals surface area contributed by atoms with Crippen molar-refractivity contribution >= 4 is 21.8 Å². The van der Waals surface area contributed by atoms with Crippen LogP contribution in [0.5, 0.6) is 5.75 Å². The lowest BCUT2D eigenvalue weighted by molar-refractivity contribution is -0.0498. The molecule has 20 heavy (non-hydrogen) atoms. The minimum Gasteiger partial charge on any atom is -0.435 e. The van der Waals surface area contributed by atoms with Crippen molar-refractivity contribution in [3.8, 4) is 5.75 Å². The minimum absolute atomic E-state index is 0.0505. The summed E-state index contributed by atoms with van der Waals surface area (Å²) in [5.41, 5.74) is 0.694. The molecule has 0 aromatic heterocycles. The Kier molecular flexibility index (Phi) is 4.96. The van der Waals surface area contributed by atoms with E-state index in [4.69, 9.17) is 0 Å². The van der Waals surface area contributed by atoms with Gasteiger partial charge in [0, 0.05) is 17.4 Å². The summed E-state index contributed by atoms with van der Waals surface area (Å²) in [5.74, 6) is -0.135. The molecule has 110 valence electrons. The van der Waals surface area contributed by atoms with Crippen LogP contribution in [0.25, 0.3) is 0 Å². The normalized spacial score (nSPS) is 16.0. The van der Waals surface area contributed by atoms with Gasteiger partial charge in [0.05, 0.1) is 0 Å². The molecule has 3 nitrogen and oxygen atoms in total. The number of nitrogens with one attached hydrogen (secondary N) is 1. The summed E-state index contributed by atoms with van der Waals surface area (Å²) >= 11 is 3.42. The van der Waals surface area contributed by atoms with Crippen LogP contribution in [0.1, 0.15) is 29.6 Å². The summed E-state index contributed by atoms with van der Waals surface area (Å²) in [6.07, 6.45) is 3.33. The van der Waals surface area contributed by atoms with Crippen LogP contribution in [0.3, 0.4) is 0 Å². The molecule has 0 radical (unpaired) electrons. The molecule has 0 heterocycles. The smallest absolute Gasteiger partial charge is 0.387 e. The van der Waals surface area contributed by atoms with E-state index in [0.717, 1.165) is 24.6 Å². The molecule has 0 unspecified atom stereocenters. The number of alkyl halides is 3. The molecule has 6 heteroatoms. The van der Waals surface area contributed by atoms with E-state index in [9.17, 15) is 13.6 Å². The number of ether oxygens (including phenoxy) is 1. The van der Waals surface area contributed by atoms with E-state index in [1.165, 1.54) is 24.3 Å². The molecule has 0 atom stereocenters. The van der Waals surface area contributed by atoms with Crippen LogP contribution in [0.15, 0.2) is 24.3 Å². The van der Waals surface area contributed by atoms with Gasteiger partial charge in [-0.25, -0.2) is 0 Å². The van der Waals surface area contributed by atoms with Gasteiger partial charge in [-0.3, -0.25) is 4.79 Å². The number of hydrogen-bond acceptors (Lipinski definition) is 2.